The van der Waals surface area contributed by atoms with Gasteiger partial charge in [-0.2, -0.15) is 0 Å². The van der Waals surface area contributed by atoms with Gasteiger partial charge >= 0.3 is 0 Å². The summed E-state index contributed by atoms with van der Waals surface area (Å²) in [5.74, 6) is 2.54. The molecule has 0 amide bonds. The molecule has 1 aromatic carbocycles. The summed E-state index contributed by atoms with van der Waals surface area (Å²) < 4.78 is 0. The summed E-state index contributed by atoms with van der Waals surface area (Å²) in [6, 6.07) is 10.1. The summed E-state index contributed by atoms with van der Waals surface area (Å²) >= 11 is 0. The fraction of sp³-hybridized carbons (Fsp3) is 0.609. The normalized spacial score (nSPS) is 37.6. The number of oxime groups is 1. The summed E-state index contributed by atoms with van der Waals surface area (Å²) in [4.78, 5) is 5.58. The summed E-state index contributed by atoms with van der Waals surface area (Å²) in [5.41, 5.74) is 3.67. The molecule has 3 aliphatic rings. The van der Waals surface area contributed by atoms with E-state index in [1.807, 2.05) is 30.3 Å². The molecule has 4 atom stereocenters. The van der Waals surface area contributed by atoms with E-state index in [1.54, 1.807) is 11.8 Å². The summed E-state index contributed by atoms with van der Waals surface area (Å²) in [7, 11) is 0. The van der Waals surface area contributed by atoms with E-state index in [4.69, 9.17) is 4.84 Å². The molecule has 0 spiro atoms. The lowest BCUT2D eigenvalue weighted by molar-refractivity contribution is 0.141. The predicted octanol–water partition coefficient (Wildman–Crippen LogP) is 5.84. The molecule has 25 heavy (non-hydrogen) atoms. The lowest BCUT2D eigenvalue weighted by atomic mass is 9.68. The zero-order chi connectivity index (χ0) is 17.5. The Bertz CT molecular complexity index is 675. The molecule has 0 radical (unpaired) electrons. The largest absolute Gasteiger partial charge is 0.392 e. The average Bonchev–Trinajstić information content (AvgIpc) is 3.09. The number of hydrogen-bond donors (Lipinski definition) is 0. The van der Waals surface area contributed by atoms with Crippen LogP contribution in [0.5, 0.6) is 0 Å². The third kappa shape index (κ3) is 2.84. The van der Waals surface area contributed by atoms with Crippen molar-refractivity contribution in [2.75, 3.05) is 6.61 Å². The summed E-state index contributed by atoms with van der Waals surface area (Å²) in [6.07, 6.45) is 11.1. The van der Waals surface area contributed by atoms with Crippen LogP contribution >= 0.6 is 0 Å². The lowest BCUT2D eigenvalue weighted by Gasteiger charge is -2.36. The van der Waals surface area contributed by atoms with Crippen LogP contribution in [0.1, 0.15) is 58.4 Å². The maximum absolute atomic E-state index is 5.58. The second-order valence-corrected chi connectivity index (χ2v) is 9.18. The molecular formula is C23H31NO. The van der Waals surface area contributed by atoms with Gasteiger partial charge in [0.15, 0.2) is 0 Å². The molecular weight excluding hydrogens is 306 g/mol. The van der Waals surface area contributed by atoms with Crippen molar-refractivity contribution in [2.24, 2.45) is 33.7 Å². The Hall–Kier alpha value is -1.57. The van der Waals surface area contributed by atoms with Crippen LogP contribution in [0.4, 0.5) is 0 Å². The van der Waals surface area contributed by atoms with Crippen molar-refractivity contribution >= 4 is 6.21 Å². The maximum Gasteiger partial charge on any atom is 0.135 e. The maximum atomic E-state index is 5.58. The minimum Gasteiger partial charge on any atom is -0.392 e. The topological polar surface area (TPSA) is 21.6 Å². The highest BCUT2D eigenvalue weighted by Gasteiger charge is 2.62. The van der Waals surface area contributed by atoms with Crippen LogP contribution in [0.25, 0.3) is 0 Å². The van der Waals surface area contributed by atoms with E-state index < -0.39 is 0 Å². The van der Waals surface area contributed by atoms with Crippen molar-refractivity contribution in [3.05, 3.63) is 47.5 Å². The SMILES string of the molecule is CC1(C)CCC[C@]2(C)/C(=C\CO/N=C/c3ccccc3)[C@H]3CC[C@@H]2[C@@H]31. The van der Waals surface area contributed by atoms with Crippen LogP contribution < -0.4 is 0 Å². The number of hydrogen-bond acceptors (Lipinski definition) is 2. The van der Waals surface area contributed by atoms with Crippen molar-refractivity contribution in [1.82, 2.24) is 0 Å². The molecule has 2 heteroatoms. The van der Waals surface area contributed by atoms with Crippen molar-refractivity contribution < 1.29 is 4.84 Å². The van der Waals surface area contributed by atoms with Gasteiger partial charge in [0.1, 0.15) is 6.61 Å². The van der Waals surface area contributed by atoms with E-state index in [2.05, 4.69) is 32.0 Å². The zero-order valence-corrected chi connectivity index (χ0v) is 15.9. The molecule has 3 aliphatic carbocycles. The standard InChI is InChI=1S/C23H31NO/c1-22(2)13-7-14-23(3)19(18-10-11-20(23)21(18)22)12-15-25-24-16-17-8-5-4-6-9-17/h4-6,8-9,12,16,18,20-21H,7,10-11,13-15H2,1-3H3/b19-12-,24-16+/t18-,20-,21-,23-/m1/s1. The first-order valence-corrected chi connectivity index (χ1v) is 9.93. The number of allylic oxidation sites excluding steroid dienone is 1. The van der Waals surface area contributed by atoms with E-state index in [1.165, 1.54) is 32.1 Å². The van der Waals surface area contributed by atoms with Crippen molar-refractivity contribution in [1.29, 1.82) is 0 Å². The van der Waals surface area contributed by atoms with Crippen molar-refractivity contribution in [3.63, 3.8) is 0 Å². The van der Waals surface area contributed by atoms with Crippen LogP contribution in [0.15, 0.2) is 47.1 Å². The number of rotatable bonds is 4. The average molecular weight is 338 g/mol. The van der Waals surface area contributed by atoms with Gasteiger partial charge in [0, 0.05) is 0 Å². The van der Waals surface area contributed by atoms with Gasteiger partial charge in [-0.15, -0.1) is 0 Å². The van der Waals surface area contributed by atoms with Gasteiger partial charge in [0.25, 0.3) is 0 Å². The molecule has 4 bridgehead atoms. The minimum atomic E-state index is 0.411. The molecule has 0 unspecified atom stereocenters. The predicted molar refractivity (Wildman–Crippen MR) is 104 cm³/mol. The number of nitrogens with zero attached hydrogens (tertiary/aromatic N) is 1. The first-order valence-electron chi connectivity index (χ1n) is 9.93. The third-order valence-electron chi connectivity index (χ3n) is 7.41. The van der Waals surface area contributed by atoms with Crippen LogP contribution in [0, 0.1) is 28.6 Å². The Kier molecular flexibility index (Phi) is 4.25. The quantitative estimate of drug-likeness (QED) is 0.293. The molecule has 4 rings (SSSR count). The Balaban J connectivity index is 1.47. The van der Waals surface area contributed by atoms with Gasteiger partial charge in [0.05, 0.1) is 6.21 Å². The first kappa shape index (κ1) is 16.9. The Morgan fingerprint density at radius 3 is 2.72 bits per heavy atom. The molecule has 0 N–H and O–H groups in total. The summed E-state index contributed by atoms with van der Waals surface area (Å²) in [6.45, 7) is 8.16. The minimum absolute atomic E-state index is 0.411. The van der Waals surface area contributed by atoms with E-state index in [0.717, 1.165) is 23.3 Å². The molecule has 134 valence electrons. The smallest absolute Gasteiger partial charge is 0.135 e. The molecule has 0 aromatic heterocycles. The highest BCUT2D eigenvalue weighted by Crippen LogP contribution is 2.70. The Labute approximate surface area is 152 Å². The second kappa shape index (κ2) is 6.30. The third-order valence-corrected chi connectivity index (χ3v) is 7.41. The molecule has 3 fully saturated rings. The highest BCUT2D eigenvalue weighted by atomic mass is 16.6. The van der Waals surface area contributed by atoms with Crippen LogP contribution in [-0.2, 0) is 4.84 Å². The Morgan fingerprint density at radius 1 is 1.12 bits per heavy atom. The molecule has 1 aromatic rings. The summed E-state index contributed by atoms with van der Waals surface area (Å²) in [5, 5.41) is 4.15. The van der Waals surface area contributed by atoms with E-state index in [0.29, 0.717) is 17.4 Å². The van der Waals surface area contributed by atoms with Crippen molar-refractivity contribution in [2.45, 2.75) is 52.9 Å². The van der Waals surface area contributed by atoms with Crippen LogP contribution in [-0.4, -0.2) is 12.8 Å². The van der Waals surface area contributed by atoms with E-state index >= 15 is 0 Å². The van der Waals surface area contributed by atoms with Gasteiger partial charge in [0.2, 0.25) is 0 Å². The van der Waals surface area contributed by atoms with E-state index in [-0.39, 0.29) is 0 Å². The molecule has 0 aliphatic heterocycles. The van der Waals surface area contributed by atoms with Gasteiger partial charge < -0.3 is 4.84 Å². The van der Waals surface area contributed by atoms with Crippen LogP contribution in [0.3, 0.4) is 0 Å². The zero-order valence-electron chi connectivity index (χ0n) is 15.9. The monoisotopic (exact) mass is 337 g/mol. The highest BCUT2D eigenvalue weighted by molar-refractivity contribution is 5.78. The van der Waals surface area contributed by atoms with Gasteiger partial charge in [-0.05, 0) is 65.9 Å². The molecule has 0 heterocycles. The second-order valence-electron chi connectivity index (χ2n) is 9.18. The number of benzene rings is 1. The molecule has 0 saturated heterocycles. The fourth-order valence-corrected chi connectivity index (χ4v) is 6.39. The van der Waals surface area contributed by atoms with Gasteiger partial charge in [-0.25, -0.2) is 0 Å². The van der Waals surface area contributed by atoms with Gasteiger partial charge in [-0.3, -0.25) is 0 Å². The first-order chi connectivity index (χ1) is 12.0. The van der Waals surface area contributed by atoms with E-state index in [9.17, 15) is 0 Å². The van der Waals surface area contributed by atoms with Crippen molar-refractivity contribution in [3.8, 4) is 0 Å². The molecule has 3 saturated carbocycles. The fourth-order valence-electron chi connectivity index (χ4n) is 6.39. The Morgan fingerprint density at radius 2 is 1.92 bits per heavy atom. The van der Waals surface area contributed by atoms with Gasteiger partial charge in [-0.1, -0.05) is 68.3 Å². The van der Waals surface area contributed by atoms with Crippen LogP contribution in [0.2, 0.25) is 0 Å². The lowest BCUT2D eigenvalue weighted by Crippen LogP contribution is -2.28. The molecule has 2 nitrogen and oxygen atoms in total.